The molecule has 0 aliphatic carbocycles. The Kier molecular flexibility index (Phi) is 9.42. The van der Waals surface area contributed by atoms with Crippen LogP contribution < -0.4 is 5.32 Å². The smallest absolute Gasteiger partial charge is 0.0671 e. The van der Waals surface area contributed by atoms with E-state index >= 15 is 0 Å². The van der Waals surface area contributed by atoms with E-state index in [0.717, 1.165) is 25.6 Å². The Bertz CT molecular complexity index is 115. The van der Waals surface area contributed by atoms with Gasteiger partial charge in [-0.3, -0.25) is 0 Å². The van der Waals surface area contributed by atoms with Gasteiger partial charge in [0.1, 0.15) is 0 Å². The molecule has 0 saturated heterocycles. The van der Waals surface area contributed by atoms with Crippen molar-refractivity contribution in [1.29, 1.82) is 0 Å². The third-order valence-corrected chi connectivity index (χ3v) is 2.23. The molecule has 0 radical (unpaired) electrons. The highest BCUT2D eigenvalue weighted by atomic mass is 16.5. The molecule has 0 spiro atoms. The fraction of sp³-hybridized carbons (Fsp3) is 1.00. The van der Waals surface area contributed by atoms with Crippen LogP contribution in [0.15, 0.2) is 0 Å². The topological polar surface area (TPSA) is 21.3 Å². The summed E-state index contributed by atoms with van der Waals surface area (Å²) in [6.07, 6.45) is 4.00. The highest BCUT2D eigenvalue weighted by Crippen LogP contribution is 1.97. The predicted molar refractivity (Wildman–Crippen MR) is 62.6 cm³/mol. The Morgan fingerprint density at radius 3 is 2.50 bits per heavy atom. The molecule has 1 unspecified atom stereocenters. The Balaban J connectivity index is 3.14. The minimum absolute atomic E-state index is 0.355. The van der Waals surface area contributed by atoms with Crippen molar-refractivity contribution in [3.05, 3.63) is 0 Å². The Hall–Kier alpha value is -0.0800. The summed E-state index contributed by atoms with van der Waals surface area (Å²) in [5, 5.41) is 3.42. The molecule has 2 heteroatoms. The van der Waals surface area contributed by atoms with Gasteiger partial charge in [-0.15, -0.1) is 0 Å². The Labute approximate surface area is 89.4 Å². The van der Waals surface area contributed by atoms with Gasteiger partial charge in [-0.05, 0) is 32.2 Å². The van der Waals surface area contributed by atoms with Crippen LogP contribution in [-0.2, 0) is 4.74 Å². The number of rotatable bonds is 9. The molecule has 0 heterocycles. The summed E-state index contributed by atoms with van der Waals surface area (Å²) in [4.78, 5) is 0. The van der Waals surface area contributed by atoms with E-state index in [-0.39, 0.29) is 0 Å². The van der Waals surface area contributed by atoms with E-state index in [9.17, 15) is 0 Å². The van der Waals surface area contributed by atoms with Crippen LogP contribution in [0, 0.1) is 5.92 Å². The van der Waals surface area contributed by atoms with Crippen molar-refractivity contribution < 1.29 is 4.74 Å². The van der Waals surface area contributed by atoms with Crippen molar-refractivity contribution in [3.8, 4) is 0 Å². The quantitative estimate of drug-likeness (QED) is 0.579. The predicted octanol–water partition coefficient (Wildman–Crippen LogP) is 2.83. The summed E-state index contributed by atoms with van der Waals surface area (Å²) in [7, 11) is 0. The number of hydrogen-bond acceptors (Lipinski definition) is 2. The lowest BCUT2D eigenvalue weighted by Gasteiger charge is -2.14. The Morgan fingerprint density at radius 2 is 1.93 bits per heavy atom. The third-order valence-electron chi connectivity index (χ3n) is 2.23. The maximum Gasteiger partial charge on any atom is 0.0671 e. The summed E-state index contributed by atoms with van der Waals surface area (Å²) in [5.41, 5.74) is 0. The van der Waals surface area contributed by atoms with Crippen LogP contribution in [-0.4, -0.2) is 25.8 Å². The highest BCUT2D eigenvalue weighted by molar-refractivity contribution is 4.56. The van der Waals surface area contributed by atoms with Crippen molar-refractivity contribution in [1.82, 2.24) is 5.32 Å². The van der Waals surface area contributed by atoms with Gasteiger partial charge in [0, 0.05) is 13.2 Å². The number of unbranched alkanes of at least 4 members (excludes halogenated alkanes) is 1. The molecular formula is C12H27NO. The van der Waals surface area contributed by atoms with Crippen LogP contribution in [0.1, 0.15) is 47.0 Å². The van der Waals surface area contributed by atoms with E-state index in [1.54, 1.807) is 0 Å². The standard InChI is InChI=1S/C12H27NO/c1-5-6-9-14-12(4)10-13-8-7-11(2)3/h11-13H,5-10H2,1-4H3. The first-order valence-corrected chi connectivity index (χ1v) is 5.99. The van der Waals surface area contributed by atoms with Gasteiger partial charge in [-0.2, -0.15) is 0 Å². The first-order valence-electron chi connectivity index (χ1n) is 5.99. The van der Waals surface area contributed by atoms with Gasteiger partial charge in [0.05, 0.1) is 6.10 Å². The van der Waals surface area contributed by atoms with E-state index in [1.807, 2.05) is 0 Å². The lowest BCUT2D eigenvalue weighted by atomic mass is 10.1. The molecule has 86 valence electrons. The molecule has 2 nitrogen and oxygen atoms in total. The number of hydrogen-bond donors (Lipinski definition) is 1. The highest BCUT2D eigenvalue weighted by Gasteiger charge is 2.00. The summed E-state index contributed by atoms with van der Waals surface area (Å²) < 4.78 is 5.63. The van der Waals surface area contributed by atoms with Crippen molar-refractivity contribution in [2.75, 3.05) is 19.7 Å². The van der Waals surface area contributed by atoms with E-state index < -0.39 is 0 Å². The molecule has 0 bridgehead atoms. The van der Waals surface area contributed by atoms with E-state index in [2.05, 4.69) is 33.0 Å². The van der Waals surface area contributed by atoms with Gasteiger partial charge in [-0.25, -0.2) is 0 Å². The van der Waals surface area contributed by atoms with E-state index in [0.29, 0.717) is 6.10 Å². The molecule has 0 amide bonds. The summed E-state index contributed by atoms with van der Waals surface area (Å²) in [6, 6.07) is 0. The van der Waals surface area contributed by atoms with Gasteiger partial charge in [-0.1, -0.05) is 27.2 Å². The zero-order valence-corrected chi connectivity index (χ0v) is 10.3. The lowest BCUT2D eigenvalue weighted by molar-refractivity contribution is 0.0639. The molecule has 0 aliphatic rings. The molecule has 0 fully saturated rings. The normalized spacial score (nSPS) is 13.5. The maximum atomic E-state index is 5.63. The van der Waals surface area contributed by atoms with Crippen LogP contribution in [0.25, 0.3) is 0 Å². The molecule has 1 N–H and O–H groups in total. The summed E-state index contributed by atoms with van der Waals surface area (Å²) in [6.45, 7) is 11.8. The largest absolute Gasteiger partial charge is 0.377 e. The molecule has 0 aliphatic heterocycles. The van der Waals surface area contributed by atoms with Crippen LogP contribution in [0.4, 0.5) is 0 Å². The van der Waals surface area contributed by atoms with Crippen molar-refractivity contribution in [2.45, 2.75) is 53.1 Å². The van der Waals surface area contributed by atoms with Gasteiger partial charge in [0.2, 0.25) is 0 Å². The van der Waals surface area contributed by atoms with Crippen LogP contribution in [0.2, 0.25) is 0 Å². The average molecular weight is 201 g/mol. The average Bonchev–Trinajstić information content (AvgIpc) is 2.13. The van der Waals surface area contributed by atoms with Gasteiger partial charge in [0.25, 0.3) is 0 Å². The third kappa shape index (κ3) is 10.0. The SMILES string of the molecule is CCCCOC(C)CNCCC(C)C. The molecule has 0 aromatic carbocycles. The van der Waals surface area contributed by atoms with Gasteiger partial charge in [0.15, 0.2) is 0 Å². The zero-order valence-electron chi connectivity index (χ0n) is 10.3. The first kappa shape index (κ1) is 13.9. The second kappa shape index (κ2) is 9.47. The molecule has 0 aromatic rings. The summed E-state index contributed by atoms with van der Waals surface area (Å²) in [5.74, 6) is 0.791. The molecule has 0 aromatic heterocycles. The lowest BCUT2D eigenvalue weighted by Crippen LogP contribution is -2.28. The summed E-state index contributed by atoms with van der Waals surface area (Å²) >= 11 is 0. The maximum absolute atomic E-state index is 5.63. The molecule has 1 atom stereocenters. The number of nitrogens with one attached hydrogen (secondary N) is 1. The second-order valence-corrected chi connectivity index (χ2v) is 4.42. The fourth-order valence-corrected chi connectivity index (χ4v) is 1.18. The molecular weight excluding hydrogens is 174 g/mol. The van der Waals surface area contributed by atoms with Gasteiger partial charge >= 0.3 is 0 Å². The van der Waals surface area contributed by atoms with Crippen LogP contribution >= 0.6 is 0 Å². The molecule has 0 saturated carbocycles. The van der Waals surface area contributed by atoms with E-state index in [4.69, 9.17) is 4.74 Å². The fourth-order valence-electron chi connectivity index (χ4n) is 1.18. The van der Waals surface area contributed by atoms with Crippen molar-refractivity contribution >= 4 is 0 Å². The molecule has 0 rings (SSSR count). The Morgan fingerprint density at radius 1 is 1.21 bits per heavy atom. The van der Waals surface area contributed by atoms with E-state index in [1.165, 1.54) is 19.3 Å². The molecule has 14 heavy (non-hydrogen) atoms. The number of ether oxygens (including phenoxy) is 1. The van der Waals surface area contributed by atoms with Crippen LogP contribution in [0.3, 0.4) is 0 Å². The minimum atomic E-state index is 0.355. The van der Waals surface area contributed by atoms with Crippen LogP contribution in [0.5, 0.6) is 0 Å². The van der Waals surface area contributed by atoms with Crippen molar-refractivity contribution in [2.24, 2.45) is 5.92 Å². The second-order valence-electron chi connectivity index (χ2n) is 4.42. The minimum Gasteiger partial charge on any atom is -0.377 e. The van der Waals surface area contributed by atoms with Crippen molar-refractivity contribution in [3.63, 3.8) is 0 Å². The zero-order chi connectivity index (χ0) is 10.8. The first-order chi connectivity index (χ1) is 6.66. The van der Waals surface area contributed by atoms with Gasteiger partial charge < -0.3 is 10.1 Å². The monoisotopic (exact) mass is 201 g/mol.